The van der Waals surface area contributed by atoms with Crippen LogP contribution in [-0.4, -0.2) is 103 Å². The normalized spacial score (nSPS) is 20.5. The number of nitrogens with zero attached hydrogens (tertiary/aromatic N) is 8. The van der Waals surface area contributed by atoms with Crippen LogP contribution >= 0.6 is 23.5 Å². The summed E-state index contributed by atoms with van der Waals surface area (Å²) < 4.78 is 357. The zero-order chi connectivity index (χ0) is 93.7. The SMILES string of the molecule is [2H]c1c([2H])c(-c2c([2H])c([2H])c(C(F)(F)F)c(C)c2[2H])c([2H])c([2H])c1CN(C(=O)C([2H])([2H])n1c(SCc2ccc(F)cc2)nc(=O)c2c1C([2H])([2H])C([2H])(C)C2([2H])[2H])C([2H])([2H])C([2H])([2H])N(CC)CC.[2H]c1c([2H])c(CSc2nc(=O)c3c(n2C([2H])([2H])C(=O)N(Cc2ccc(-c4ccc(C(F)(F)F)cc4)cc2)C([2H])([2H])C([2H])([2H])N(CC)CC)CCC3)c([2H])c([2H])c1F. The van der Waals surface area contributed by atoms with Gasteiger partial charge in [0.25, 0.3) is 11.1 Å². The highest BCUT2D eigenvalue weighted by molar-refractivity contribution is 7.98. The molecule has 0 N–H and O–H groups in total. The van der Waals surface area contributed by atoms with E-state index >= 15 is 4.79 Å². The number of amides is 2. The van der Waals surface area contributed by atoms with Gasteiger partial charge in [0.2, 0.25) is 11.8 Å². The van der Waals surface area contributed by atoms with E-state index < -0.39 is 245 Å². The van der Waals surface area contributed by atoms with Gasteiger partial charge in [-0.15, -0.1) is 0 Å². The van der Waals surface area contributed by atoms with Gasteiger partial charge in [-0.25, -0.2) is 8.78 Å². The van der Waals surface area contributed by atoms with Gasteiger partial charge in [0.1, 0.15) is 24.6 Å². The lowest BCUT2D eigenvalue weighted by atomic mass is 9.98. The van der Waals surface area contributed by atoms with Crippen molar-refractivity contribution in [1.82, 2.24) is 38.7 Å². The molecule has 1 unspecified atom stereocenters. The molecule has 0 bridgehead atoms. The van der Waals surface area contributed by atoms with Crippen molar-refractivity contribution in [2.24, 2.45) is 5.89 Å². The van der Waals surface area contributed by atoms with Crippen LogP contribution < -0.4 is 11.1 Å². The van der Waals surface area contributed by atoms with Gasteiger partial charge < -0.3 is 28.7 Å². The third-order valence-corrected chi connectivity index (χ3v) is 16.5. The first-order chi connectivity index (χ1) is 56.9. The minimum Gasteiger partial charge on any atom is -0.336 e. The summed E-state index contributed by atoms with van der Waals surface area (Å²) in [6, 6.07) is 3.12. The van der Waals surface area contributed by atoms with E-state index in [1.165, 1.54) is 62.4 Å². The fraction of sp³-hybridized carbons (Fsp3) is 0.378. The van der Waals surface area contributed by atoms with Gasteiger partial charge in [-0.2, -0.15) is 36.3 Å². The molecule has 12 nitrogen and oxygen atoms in total. The number of carbonyl (C=O) groups excluding carboxylic acids is 2. The molecule has 0 saturated carbocycles. The Morgan fingerprint density at radius 2 is 1.06 bits per heavy atom. The molecule has 0 saturated heterocycles. The van der Waals surface area contributed by atoms with Crippen LogP contribution in [0.3, 0.4) is 0 Å². The summed E-state index contributed by atoms with van der Waals surface area (Å²) in [5.41, 5.74) is -9.52. The second-order valence-corrected chi connectivity index (χ2v) is 23.0. The first-order valence-corrected chi connectivity index (χ1v) is 31.7. The van der Waals surface area contributed by atoms with Crippen molar-refractivity contribution in [2.45, 2.75) is 134 Å². The number of fused-ring (bicyclic) bond motifs is 2. The Balaban J connectivity index is 0.000000285. The molecule has 1 atom stereocenters. The Labute approximate surface area is 603 Å². The molecule has 2 aliphatic rings. The van der Waals surface area contributed by atoms with Crippen molar-refractivity contribution in [3.05, 3.63) is 233 Å². The molecule has 6 aromatic carbocycles. The van der Waals surface area contributed by atoms with Gasteiger partial charge in [0.15, 0.2) is 10.3 Å². The number of likely N-dealkylation sites (N-methyl/N-ethyl adjacent to an activating group) is 2. The smallest absolute Gasteiger partial charge is 0.336 e. The molecule has 2 aliphatic carbocycles. The fourth-order valence-electron chi connectivity index (χ4n) is 9.43. The molecular formula is C74H80F8N8O4S2. The number of hydrogen-bond donors (Lipinski definition) is 0. The van der Waals surface area contributed by atoms with Crippen LogP contribution in [-0.2, 0) is 85.1 Å². The van der Waals surface area contributed by atoms with Crippen molar-refractivity contribution in [3.8, 4) is 22.3 Å². The lowest BCUT2D eigenvalue weighted by Gasteiger charge is -2.28. The Morgan fingerprint density at radius 1 is 0.573 bits per heavy atom. The topological polar surface area (TPSA) is 117 Å². The van der Waals surface area contributed by atoms with E-state index in [0.717, 1.165) is 52.5 Å². The molecule has 2 amide bonds. The van der Waals surface area contributed by atoms with E-state index in [1.54, 1.807) is 13.8 Å². The van der Waals surface area contributed by atoms with Crippen LogP contribution in [0.4, 0.5) is 35.1 Å². The molecular weight excluding hydrogens is 1280 g/mol. The van der Waals surface area contributed by atoms with Gasteiger partial charge in [0, 0.05) is 85.4 Å². The highest BCUT2D eigenvalue weighted by atomic mass is 32.2. The maximum absolute atomic E-state index is 15.2. The number of alkyl halides is 6. The van der Waals surface area contributed by atoms with E-state index in [4.69, 9.17) is 30.2 Å². The summed E-state index contributed by atoms with van der Waals surface area (Å²) in [5.74, 6) is -9.44. The van der Waals surface area contributed by atoms with Gasteiger partial charge in [-0.1, -0.05) is 155 Å². The van der Waals surface area contributed by atoms with E-state index in [1.807, 2.05) is 0 Å². The predicted molar refractivity (Wildman–Crippen MR) is 362 cm³/mol. The zero-order valence-electron chi connectivity index (χ0n) is 80.3. The fourth-order valence-corrected chi connectivity index (χ4v) is 11.2. The van der Waals surface area contributed by atoms with E-state index in [2.05, 4.69) is 9.97 Å². The predicted octanol–water partition coefficient (Wildman–Crippen LogP) is 15.0. The summed E-state index contributed by atoms with van der Waals surface area (Å²) in [6.07, 6.45) is -15.7. The minimum atomic E-state index is -5.22. The molecule has 22 heteroatoms. The van der Waals surface area contributed by atoms with Gasteiger partial charge in [-0.05, 0) is 163 Å². The molecule has 8 aromatic rings. The maximum atomic E-state index is 15.2. The molecule has 0 fully saturated rings. The summed E-state index contributed by atoms with van der Waals surface area (Å²) in [7, 11) is 0. The Hall–Kier alpha value is -7.92. The van der Waals surface area contributed by atoms with E-state index in [-0.39, 0.29) is 76.6 Å². The van der Waals surface area contributed by atoms with Gasteiger partial charge in [0.05, 0.1) is 37.2 Å². The lowest BCUT2D eigenvalue weighted by molar-refractivity contribution is -0.138. The van der Waals surface area contributed by atoms with Crippen molar-refractivity contribution >= 4 is 35.3 Å². The van der Waals surface area contributed by atoms with Crippen molar-refractivity contribution < 1.29 is 83.1 Å². The van der Waals surface area contributed by atoms with Crippen LogP contribution in [0.1, 0.15) is 141 Å². The van der Waals surface area contributed by atoms with Crippen molar-refractivity contribution in [1.29, 1.82) is 0 Å². The average molecular weight is 1390 g/mol. The second-order valence-electron chi connectivity index (χ2n) is 21.1. The molecule has 2 aromatic heterocycles. The Morgan fingerprint density at radius 3 is 1.60 bits per heavy atom. The first-order valence-electron chi connectivity index (χ1n) is 43.7. The molecule has 10 rings (SSSR count). The number of thioether (sulfide) groups is 2. The van der Waals surface area contributed by atoms with Crippen LogP contribution in [0, 0.1) is 24.5 Å². The first kappa shape index (κ1) is 43.4. The van der Waals surface area contributed by atoms with Crippen molar-refractivity contribution in [2.75, 3.05) is 52.2 Å². The standard InChI is InChI=1S/C38H42F4N4O2S.C36H38F4N4O2S/c1-5-44(6-2)17-18-45(22-27-7-11-29(12-8-27)30-13-16-33(26(4)21-30)38(40,41)42)35(47)23-46-34-20-25(3)19-32(34)36(48)43-37(46)49-24-28-9-14-31(39)15-10-28;1-3-42(4-2)20-21-43(22-25-8-12-27(13-9-25)28-14-16-29(17-15-28)36(38,39)40)33(45)23-44-32-7-5-6-31(32)34(46)41-35(44)47-24-26-10-18-30(37)19-11-26/h7-16,21,25H,5-6,17-20,22-24H2,1-4H3;8-19H,3-7,20-24H2,1-2H3/i7D,8D,11D,12D,13D,16D,17D2,18D2,19D2,20D2,21D,23D2,25D;10D,11D,18D,19D,20D2,21D2,23D2. The van der Waals surface area contributed by atoms with Crippen LogP contribution in [0.2, 0.25) is 0 Å². The number of halogens is 8. The lowest BCUT2D eigenvalue weighted by Crippen LogP contribution is -2.40. The molecule has 508 valence electrons. The summed E-state index contributed by atoms with van der Waals surface area (Å²) in [6.45, 7) is -15.7. The third kappa shape index (κ3) is 19.0. The molecule has 0 spiro atoms. The van der Waals surface area contributed by atoms with E-state index in [0.29, 0.717) is 51.5 Å². The van der Waals surface area contributed by atoms with Crippen LogP contribution in [0.5, 0.6) is 0 Å². The molecule has 0 aliphatic heterocycles. The van der Waals surface area contributed by atoms with Crippen LogP contribution in [0.15, 0.2) is 159 Å². The summed E-state index contributed by atoms with van der Waals surface area (Å²) in [5, 5.41) is -1.27. The van der Waals surface area contributed by atoms with Gasteiger partial charge >= 0.3 is 12.4 Å². The molecule has 96 heavy (non-hydrogen) atoms. The van der Waals surface area contributed by atoms with Crippen molar-refractivity contribution in [3.63, 3.8) is 0 Å². The highest BCUT2D eigenvalue weighted by Gasteiger charge is 2.34. The largest absolute Gasteiger partial charge is 0.416 e. The maximum Gasteiger partial charge on any atom is 0.416 e. The highest BCUT2D eigenvalue weighted by Crippen LogP contribution is 2.36. The van der Waals surface area contributed by atoms with Crippen LogP contribution in [0.25, 0.3) is 22.3 Å². The zero-order valence-corrected chi connectivity index (χ0v) is 53.9. The second kappa shape index (κ2) is 32.9. The molecule has 0 radical (unpaired) electrons. The third-order valence-electron chi connectivity index (χ3n) is 14.5. The number of aromatic nitrogens is 4. The number of rotatable bonds is 26. The van der Waals surface area contributed by atoms with E-state index in [9.17, 15) is 57.7 Å². The summed E-state index contributed by atoms with van der Waals surface area (Å²) >= 11 is 1.06. The van der Waals surface area contributed by atoms with Gasteiger partial charge in [-0.3, -0.25) is 19.2 Å². The average Bonchev–Trinajstić information content (AvgIpc) is 1.51. The Bertz CT molecular complexity index is 5520. The number of hydrogen-bond acceptors (Lipinski definition) is 10. The molecule has 2 heterocycles. The monoisotopic (exact) mass is 1390 g/mol. The minimum absolute atomic E-state index is 0.0110. The Kier molecular flexibility index (Phi) is 14.9. The number of carbonyl (C=O) groups is 2. The number of benzene rings is 6. The summed E-state index contributed by atoms with van der Waals surface area (Å²) in [4.78, 5) is 66.9. The quantitative estimate of drug-likeness (QED) is 0.0295.